The highest BCUT2D eigenvalue weighted by Gasteiger charge is 2.27. The first-order valence-electron chi connectivity index (χ1n) is 7.13. The van der Waals surface area contributed by atoms with E-state index >= 15 is 0 Å². The second kappa shape index (κ2) is 7.02. The molecule has 5 nitrogen and oxygen atoms in total. The Labute approximate surface area is 128 Å². The van der Waals surface area contributed by atoms with Gasteiger partial charge in [-0.1, -0.05) is 6.42 Å². The molecule has 6 heteroatoms. The van der Waals surface area contributed by atoms with Crippen LogP contribution in [0, 0.1) is 6.92 Å². The van der Waals surface area contributed by atoms with Crippen molar-refractivity contribution in [1.29, 1.82) is 0 Å². The van der Waals surface area contributed by atoms with E-state index in [2.05, 4.69) is 6.26 Å². The highest BCUT2D eigenvalue weighted by atomic mass is 32.2. The lowest BCUT2D eigenvalue weighted by Crippen LogP contribution is -2.36. The standard InChI is InChI=1S/C15H21NO4S/c1-10-9-20-12(7-13(17)18)14(10)15(19)16-6-4-3-5-11(8-16)21-2/h9,11H,3-8H2,1-2H3,(H,17,18). The first-order valence-corrected chi connectivity index (χ1v) is 8.42. The summed E-state index contributed by atoms with van der Waals surface area (Å²) < 4.78 is 5.27. The Morgan fingerprint density at radius 1 is 1.48 bits per heavy atom. The minimum atomic E-state index is -0.990. The number of carbonyl (C=O) groups excluding carboxylic acids is 1. The van der Waals surface area contributed by atoms with Crippen molar-refractivity contribution in [2.75, 3.05) is 19.3 Å². The Morgan fingerprint density at radius 2 is 2.24 bits per heavy atom. The Balaban J connectivity index is 2.22. The zero-order valence-corrected chi connectivity index (χ0v) is 13.2. The molecular formula is C15H21NO4S. The summed E-state index contributed by atoms with van der Waals surface area (Å²) >= 11 is 1.79. The van der Waals surface area contributed by atoms with E-state index in [0.29, 0.717) is 16.4 Å². The SMILES string of the molecule is CSC1CCCCN(C(=O)c2c(C)coc2CC(=O)O)C1. The van der Waals surface area contributed by atoms with Crippen LogP contribution < -0.4 is 0 Å². The molecule has 1 amide bonds. The summed E-state index contributed by atoms with van der Waals surface area (Å²) in [4.78, 5) is 25.5. The number of furan rings is 1. The number of rotatable bonds is 4. The number of thioether (sulfide) groups is 1. The van der Waals surface area contributed by atoms with E-state index in [4.69, 9.17) is 9.52 Å². The van der Waals surface area contributed by atoms with Crippen LogP contribution in [0.3, 0.4) is 0 Å². The van der Waals surface area contributed by atoms with Gasteiger partial charge < -0.3 is 14.4 Å². The smallest absolute Gasteiger partial charge is 0.311 e. The largest absolute Gasteiger partial charge is 0.481 e. The quantitative estimate of drug-likeness (QED) is 0.925. The van der Waals surface area contributed by atoms with Crippen LogP contribution >= 0.6 is 11.8 Å². The van der Waals surface area contributed by atoms with Gasteiger partial charge in [0.1, 0.15) is 12.2 Å². The number of aliphatic carboxylic acids is 1. The number of aryl methyl sites for hydroxylation is 1. The van der Waals surface area contributed by atoms with Crippen LogP contribution in [0.15, 0.2) is 10.7 Å². The minimum absolute atomic E-state index is 0.0987. The fourth-order valence-electron chi connectivity index (χ4n) is 2.69. The maximum absolute atomic E-state index is 12.8. The van der Waals surface area contributed by atoms with Crippen LogP contribution in [0.2, 0.25) is 0 Å². The van der Waals surface area contributed by atoms with Crippen molar-refractivity contribution in [2.24, 2.45) is 0 Å². The number of likely N-dealkylation sites (tertiary alicyclic amines) is 1. The number of hydrogen-bond acceptors (Lipinski definition) is 4. The molecule has 1 aromatic heterocycles. The van der Waals surface area contributed by atoms with Crippen LogP contribution in [-0.4, -0.2) is 46.5 Å². The molecule has 1 fully saturated rings. The first kappa shape index (κ1) is 15.9. The van der Waals surface area contributed by atoms with E-state index in [1.165, 1.54) is 6.26 Å². The second-order valence-electron chi connectivity index (χ2n) is 5.39. The molecule has 1 aromatic rings. The maximum Gasteiger partial charge on any atom is 0.311 e. The van der Waals surface area contributed by atoms with Gasteiger partial charge >= 0.3 is 5.97 Å². The molecular weight excluding hydrogens is 290 g/mol. The van der Waals surface area contributed by atoms with Crippen LogP contribution in [0.4, 0.5) is 0 Å². The summed E-state index contributed by atoms with van der Waals surface area (Å²) in [5.74, 6) is -0.829. The van der Waals surface area contributed by atoms with Gasteiger partial charge in [0.25, 0.3) is 5.91 Å². The molecule has 116 valence electrons. The highest BCUT2D eigenvalue weighted by molar-refractivity contribution is 7.99. The van der Waals surface area contributed by atoms with Crippen molar-refractivity contribution in [2.45, 2.75) is 37.9 Å². The Bertz CT molecular complexity index is 526. The molecule has 2 rings (SSSR count). The molecule has 1 atom stereocenters. The van der Waals surface area contributed by atoms with Crippen LogP contribution in [-0.2, 0) is 11.2 Å². The summed E-state index contributed by atoms with van der Waals surface area (Å²) in [5, 5.41) is 9.38. The molecule has 21 heavy (non-hydrogen) atoms. The van der Waals surface area contributed by atoms with Crippen molar-refractivity contribution in [1.82, 2.24) is 4.90 Å². The molecule has 0 aromatic carbocycles. The predicted molar refractivity (Wildman–Crippen MR) is 81.8 cm³/mol. The Hall–Kier alpha value is -1.43. The Morgan fingerprint density at radius 3 is 2.90 bits per heavy atom. The molecule has 1 aliphatic rings. The number of hydrogen-bond donors (Lipinski definition) is 1. The van der Waals surface area contributed by atoms with E-state index in [0.717, 1.165) is 32.4 Å². The molecule has 0 spiro atoms. The molecule has 1 saturated heterocycles. The number of carboxylic acids is 1. The fourth-order valence-corrected chi connectivity index (χ4v) is 3.42. The monoisotopic (exact) mass is 311 g/mol. The van der Waals surface area contributed by atoms with Crippen molar-refractivity contribution in [3.8, 4) is 0 Å². The van der Waals surface area contributed by atoms with Crippen molar-refractivity contribution < 1.29 is 19.1 Å². The molecule has 2 heterocycles. The molecule has 1 aliphatic heterocycles. The third kappa shape index (κ3) is 3.81. The third-order valence-electron chi connectivity index (χ3n) is 3.83. The maximum atomic E-state index is 12.8. The van der Waals surface area contributed by atoms with E-state index < -0.39 is 5.97 Å². The summed E-state index contributed by atoms with van der Waals surface area (Å²) in [6, 6.07) is 0. The fraction of sp³-hybridized carbons (Fsp3) is 0.600. The normalized spacial score (nSPS) is 19.3. The molecule has 0 radical (unpaired) electrons. The van der Waals surface area contributed by atoms with Gasteiger partial charge in [-0.2, -0.15) is 11.8 Å². The van der Waals surface area contributed by atoms with E-state index in [1.54, 1.807) is 18.7 Å². The minimum Gasteiger partial charge on any atom is -0.481 e. The lowest BCUT2D eigenvalue weighted by molar-refractivity contribution is -0.136. The number of nitrogens with zero attached hydrogens (tertiary/aromatic N) is 1. The van der Waals surface area contributed by atoms with E-state index in [9.17, 15) is 9.59 Å². The number of carbonyl (C=O) groups is 2. The van der Waals surface area contributed by atoms with Gasteiger partial charge in [-0.05, 0) is 26.0 Å². The Kier molecular flexibility index (Phi) is 5.33. The van der Waals surface area contributed by atoms with Gasteiger partial charge in [-0.3, -0.25) is 9.59 Å². The van der Waals surface area contributed by atoms with Gasteiger partial charge in [0.15, 0.2) is 0 Å². The van der Waals surface area contributed by atoms with Gasteiger partial charge in [0, 0.05) is 23.9 Å². The second-order valence-corrected chi connectivity index (χ2v) is 6.53. The molecule has 1 unspecified atom stereocenters. The number of carboxylic acid groups (broad SMARTS) is 1. The van der Waals surface area contributed by atoms with Gasteiger partial charge in [-0.25, -0.2) is 0 Å². The first-order chi connectivity index (χ1) is 10.0. The van der Waals surface area contributed by atoms with Gasteiger partial charge in [-0.15, -0.1) is 0 Å². The third-order valence-corrected chi connectivity index (χ3v) is 4.88. The summed E-state index contributed by atoms with van der Waals surface area (Å²) in [6.07, 6.45) is 6.52. The molecule has 0 aliphatic carbocycles. The highest BCUT2D eigenvalue weighted by Crippen LogP contribution is 2.24. The summed E-state index contributed by atoms with van der Waals surface area (Å²) in [6.45, 7) is 3.23. The van der Waals surface area contributed by atoms with E-state index in [1.807, 2.05) is 4.90 Å². The summed E-state index contributed by atoms with van der Waals surface area (Å²) in [5.41, 5.74) is 1.14. The lowest BCUT2D eigenvalue weighted by atomic mass is 10.1. The van der Waals surface area contributed by atoms with Gasteiger partial charge in [0.05, 0.1) is 11.8 Å². The zero-order valence-electron chi connectivity index (χ0n) is 12.4. The lowest BCUT2D eigenvalue weighted by Gasteiger charge is -2.24. The van der Waals surface area contributed by atoms with Crippen LogP contribution in [0.25, 0.3) is 0 Å². The topological polar surface area (TPSA) is 70.8 Å². The summed E-state index contributed by atoms with van der Waals surface area (Å²) in [7, 11) is 0. The molecule has 1 N–H and O–H groups in total. The van der Waals surface area contributed by atoms with Crippen molar-refractivity contribution >= 4 is 23.6 Å². The molecule has 0 bridgehead atoms. The van der Waals surface area contributed by atoms with Crippen LogP contribution in [0.1, 0.15) is 40.9 Å². The zero-order chi connectivity index (χ0) is 15.4. The van der Waals surface area contributed by atoms with Crippen LogP contribution in [0.5, 0.6) is 0 Å². The average Bonchev–Trinajstić information content (AvgIpc) is 2.66. The van der Waals surface area contributed by atoms with Crippen molar-refractivity contribution in [3.05, 3.63) is 23.2 Å². The predicted octanol–water partition coefficient (Wildman–Crippen LogP) is 2.57. The van der Waals surface area contributed by atoms with Crippen molar-refractivity contribution in [3.63, 3.8) is 0 Å². The molecule has 0 saturated carbocycles. The van der Waals surface area contributed by atoms with Gasteiger partial charge in [0.2, 0.25) is 0 Å². The number of amides is 1. The van der Waals surface area contributed by atoms with E-state index in [-0.39, 0.29) is 18.1 Å². The average molecular weight is 311 g/mol.